The summed E-state index contributed by atoms with van der Waals surface area (Å²) in [6.07, 6.45) is 7.54. The van der Waals surface area contributed by atoms with Crippen molar-refractivity contribution in [1.82, 2.24) is 5.32 Å². The van der Waals surface area contributed by atoms with Crippen molar-refractivity contribution in [2.45, 2.75) is 56.9 Å². The van der Waals surface area contributed by atoms with Crippen LogP contribution in [-0.2, 0) is 0 Å². The smallest absolute Gasteiger partial charge is 0.257 e. The molecule has 4 saturated carbocycles. The van der Waals surface area contributed by atoms with Gasteiger partial charge in [-0.2, -0.15) is 0 Å². The Labute approximate surface area is 96.0 Å². The molecule has 0 aliphatic heterocycles. The van der Waals surface area contributed by atoms with Crippen molar-refractivity contribution < 1.29 is 8.78 Å². The summed E-state index contributed by atoms with van der Waals surface area (Å²) < 4.78 is 25.9. The van der Waals surface area contributed by atoms with Crippen molar-refractivity contribution >= 4 is 0 Å². The summed E-state index contributed by atoms with van der Waals surface area (Å²) in [7, 11) is 0. The van der Waals surface area contributed by atoms with Gasteiger partial charge in [-0.25, -0.2) is 8.78 Å². The summed E-state index contributed by atoms with van der Waals surface area (Å²) in [4.78, 5) is 0. The highest BCUT2D eigenvalue weighted by Gasteiger charge is 2.51. The number of rotatable bonds is 3. The van der Waals surface area contributed by atoms with Crippen LogP contribution in [0.5, 0.6) is 0 Å². The van der Waals surface area contributed by atoms with Gasteiger partial charge in [-0.3, -0.25) is 0 Å². The third-order valence-corrected chi connectivity index (χ3v) is 4.81. The molecule has 1 N–H and O–H groups in total. The Kier molecular flexibility index (Phi) is 2.33. The SMILES string of the molecule is CC(F)(F)CNC12CC3CC(CC(C3)C1)C2. The van der Waals surface area contributed by atoms with E-state index in [4.69, 9.17) is 0 Å². The molecule has 0 spiro atoms. The average Bonchev–Trinajstić information content (AvgIpc) is 2.11. The lowest BCUT2D eigenvalue weighted by atomic mass is 9.53. The minimum atomic E-state index is -2.57. The Bertz CT molecular complexity index is 247. The maximum atomic E-state index is 12.9. The monoisotopic (exact) mass is 229 g/mol. The summed E-state index contributed by atoms with van der Waals surface area (Å²) in [5, 5.41) is 3.22. The first-order chi connectivity index (χ1) is 7.44. The molecule has 0 aromatic carbocycles. The molecule has 0 amide bonds. The van der Waals surface area contributed by atoms with Gasteiger partial charge in [0.2, 0.25) is 0 Å². The Morgan fingerprint density at radius 2 is 1.50 bits per heavy atom. The van der Waals surface area contributed by atoms with Crippen LogP contribution in [-0.4, -0.2) is 18.0 Å². The molecule has 0 heterocycles. The zero-order valence-electron chi connectivity index (χ0n) is 9.94. The summed E-state index contributed by atoms with van der Waals surface area (Å²) in [6, 6.07) is 0. The Morgan fingerprint density at radius 3 is 1.88 bits per heavy atom. The maximum Gasteiger partial charge on any atom is 0.257 e. The fourth-order valence-corrected chi connectivity index (χ4v) is 4.67. The molecule has 0 saturated heterocycles. The van der Waals surface area contributed by atoms with E-state index in [0.717, 1.165) is 43.9 Å². The molecule has 1 nitrogen and oxygen atoms in total. The van der Waals surface area contributed by atoms with Gasteiger partial charge >= 0.3 is 0 Å². The molecule has 92 valence electrons. The number of alkyl halides is 2. The van der Waals surface area contributed by atoms with Crippen LogP contribution < -0.4 is 5.32 Å². The Balaban J connectivity index is 1.69. The molecule has 0 aromatic rings. The van der Waals surface area contributed by atoms with E-state index in [1.807, 2.05) is 0 Å². The first-order valence-electron chi connectivity index (χ1n) is 6.57. The first kappa shape index (κ1) is 10.9. The van der Waals surface area contributed by atoms with Crippen LogP contribution in [0.3, 0.4) is 0 Å². The van der Waals surface area contributed by atoms with Gasteiger partial charge in [0.25, 0.3) is 5.92 Å². The minimum absolute atomic E-state index is 0.0776. The minimum Gasteiger partial charge on any atom is -0.306 e. The maximum absolute atomic E-state index is 12.9. The van der Waals surface area contributed by atoms with E-state index in [1.54, 1.807) is 0 Å². The third-order valence-electron chi connectivity index (χ3n) is 4.81. The van der Waals surface area contributed by atoms with Crippen molar-refractivity contribution in [3.8, 4) is 0 Å². The van der Waals surface area contributed by atoms with E-state index in [2.05, 4.69) is 5.32 Å². The first-order valence-corrected chi connectivity index (χ1v) is 6.57. The molecule has 4 aliphatic carbocycles. The van der Waals surface area contributed by atoms with Crippen LogP contribution in [0, 0.1) is 17.8 Å². The molecule has 4 bridgehead atoms. The Morgan fingerprint density at radius 1 is 1.06 bits per heavy atom. The molecule has 4 rings (SSSR count). The highest BCUT2D eigenvalue weighted by Crippen LogP contribution is 2.55. The summed E-state index contributed by atoms with van der Waals surface area (Å²) in [5.41, 5.74) is 0.0776. The number of halogens is 2. The molecule has 16 heavy (non-hydrogen) atoms. The van der Waals surface area contributed by atoms with Gasteiger partial charge in [-0.05, 0) is 56.3 Å². The van der Waals surface area contributed by atoms with Gasteiger partial charge in [0, 0.05) is 12.5 Å². The van der Waals surface area contributed by atoms with E-state index in [-0.39, 0.29) is 12.1 Å². The highest BCUT2D eigenvalue weighted by atomic mass is 19.3. The molecule has 0 unspecified atom stereocenters. The second-order valence-corrected chi connectivity index (χ2v) is 6.62. The van der Waals surface area contributed by atoms with Gasteiger partial charge in [0.1, 0.15) is 0 Å². The van der Waals surface area contributed by atoms with Gasteiger partial charge in [-0.15, -0.1) is 0 Å². The second kappa shape index (κ2) is 3.41. The van der Waals surface area contributed by atoms with Crippen molar-refractivity contribution in [2.75, 3.05) is 6.54 Å². The molecular formula is C13H21F2N. The molecule has 3 heteroatoms. The normalized spacial score (nSPS) is 46.3. The van der Waals surface area contributed by atoms with Crippen LogP contribution in [0.15, 0.2) is 0 Å². The largest absolute Gasteiger partial charge is 0.306 e. The quantitative estimate of drug-likeness (QED) is 0.783. The van der Waals surface area contributed by atoms with Crippen LogP contribution in [0.1, 0.15) is 45.4 Å². The molecule has 4 aliphatic rings. The second-order valence-electron chi connectivity index (χ2n) is 6.62. The summed E-state index contributed by atoms with van der Waals surface area (Å²) in [5.74, 6) is -0.0961. The van der Waals surface area contributed by atoms with Crippen molar-refractivity contribution in [1.29, 1.82) is 0 Å². The third kappa shape index (κ3) is 1.99. The molecule has 0 atom stereocenters. The van der Waals surface area contributed by atoms with E-state index in [9.17, 15) is 8.78 Å². The number of hydrogen-bond donors (Lipinski definition) is 1. The van der Waals surface area contributed by atoms with Crippen LogP contribution in [0.25, 0.3) is 0 Å². The topological polar surface area (TPSA) is 12.0 Å². The van der Waals surface area contributed by atoms with Crippen molar-refractivity contribution in [3.63, 3.8) is 0 Å². The number of hydrogen-bond acceptors (Lipinski definition) is 1. The lowest BCUT2D eigenvalue weighted by Crippen LogP contribution is -2.59. The van der Waals surface area contributed by atoms with Crippen LogP contribution >= 0.6 is 0 Å². The van der Waals surface area contributed by atoms with E-state index >= 15 is 0 Å². The Hall–Kier alpha value is -0.180. The lowest BCUT2D eigenvalue weighted by Gasteiger charge is -2.57. The van der Waals surface area contributed by atoms with Crippen LogP contribution in [0.4, 0.5) is 8.78 Å². The van der Waals surface area contributed by atoms with Gasteiger partial charge < -0.3 is 5.32 Å². The van der Waals surface area contributed by atoms with E-state index in [1.165, 1.54) is 19.3 Å². The van der Waals surface area contributed by atoms with E-state index in [0.29, 0.717) is 0 Å². The molecule has 0 aromatic heterocycles. The fraction of sp³-hybridized carbons (Fsp3) is 1.00. The fourth-order valence-electron chi connectivity index (χ4n) is 4.67. The van der Waals surface area contributed by atoms with Gasteiger partial charge in [-0.1, -0.05) is 0 Å². The van der Waals surface area contributed by atoms with E-state index < -0.39 is 5.92 Å². The van der Waals surface area contributed by atoms with Gasteiger partial charge in [0.05, 0.1) is 6.54 Å². The zero-order valence-corrected chi connectivity index (χ0v) is 9.94. The lowest BCUT2D eigenvalue weighted by molar-refractivity contribution is -0.0437. The van der Waals surface area contributed by atoms with Gasteiger partial charge in [0.15, 0.2) is 0 Å². The van der Waals surface area contributed by atoms with Crippen molar-refractivity contribution in [3.05, 3.63) is 0 Å². The highest BCUT2D eigenvalue weighted by molar-refractivity contribution is 5.06. The van der Waals surface area contributed by atoms with Crippen LogP contribution in [0.2, 0.25) is 0 Å². The van der Waals surface area contributed by atoms with Crippen molar-refractivity contribution in [2.24, 2.45) is 17.8 Å². The molecule has 4 fully saturated rings. The zero-order chi connectivity index (χ0) is 11.4. The number of nitrogens with one attached hydrogen (secondary N) is 1. The molecular weight excluding hydrogens is 208 g/mol. The summed E-state index contributed by atoms with van der Waals surface area (Å²) >= 11 is 0. The predicted molar refractivity (Wildman–Crippen MR) is 59.5 cm³/mol. The predicted octanol–water partition coefficient (Wildman–Crippen LogP) is 3.20. The summed E-state index contributed by atoms with van der Waals surface area (Å²) in [6.45, 7) is 0.875. The average molecular weight is 229 g/mol. The standard InChI is InChI=1S/C13H21F2N/c1-12(14,15)8-16-13-5-9-2-10(6-13)4-11(3-9)7-13/h9-11,16H,2-8H2,1H3. The molecule has 0 radical (unpaired) electrons.